The number of alkyl carbamates (subject to hydrolysis) is 1. The summed E-state index contributed by atoms with van der Waals surface area (Å²) in [6.07, 6.45) is 1.31. The largest absolute Gasteiger partial charge is 0.508 e. The highest BCUT2D eigenvalue weighted by molar-refractivity contribution is 5.91. The first kappa shape index (κ1) is 38.1. The number of phenolic OH excluding ortho intramolecular Hbond substituents is 1. The van der Waals surface area contributed by atoms with Crippen LogP contribution in [0.2, 0.25) is 0 Å². The van der Waals surface area contributed by atoms with Crippen LogP contribution in [0.3, 0.4) is 0 Å². The molecule has 4 amide bonds. The molecule has 4 aromatic rings. The summed E-state index contributed by atoms with van der Waals surface area (Å²) in [4.78, 5) is 60.4. The Morgan fingerprint density at radius 3 is 2.06 bits per heavy atom. The summed E-state index contributed by atoms with van der Waals surface area (Å²) in [7, 11) is 0. The number of aliphatic hydroxyl groups excluding tert-OH is 1. The van der Waals surface area contributed by atoms with Crippen LogP contribution in [0.15, 0.2) is 97.5 Å². The third-order valence-corrected chi connectivity index (χ3v) is 8.52. The lowest BCUT2D eigenvalue weighted by atomic mass is 9.92. The number of imidazole rings is 1. The van der Waals surface area contributed by atoms with E-state index in [1.54, 1.807) is 24.3 Å². The van der Waals surface area contributed by atoms with E-state index in [0.29, 0.717) is 24.2 Å². The molecular formula is C38H46N6O7. The smallest absolute Gasteiger partial charge is 0.408 e. The number of phenols is 1. The van der Waals surface area contributed by atoms with Crippen LogP contribution < -0.4 is 21.3 Å². The van der Waals surface area contributed by atoms with E-state index in [-0.39, 0.29) is 43.4 Å². The standard InChI is InChI=1S/C38H46N6O7/c1-3-25(2)35(33(46)20-34(47)40-21-27-10-6-4-7-11-27)44-37(49)32(19-29-22-39-24-41-29)42-36(48)31(18-26-14-16-30(45)17-15-26)43-38(50)51-23-28-12-8-5-9-13-28/h4-17,22,24-25,31-33,35,45-46H,3,18-21,23H2,1-2H3,(H,39,41)(H,40,47)(H,42,48)(H,43,50)(H,44,49)/t25?,31-,32-,33-,35-/m0/s1. The van der Waals surface area contributed by atoms with Crippen LogP contribution in [-0.4, -0.2) is 68.2 Å². The molecule has 0 radical (unpaired) electrons. The number of aliphatic hydroxyl groups is 1. The van der Waals surface area contributed by atoms with Gasteiger partial charge in [0, 0.05) is 31.3 Å². The molecule has 3 aromatic carbocycles. The van der Waals surface area contributed by atoms with Gasteiger partial charge in [0.05, 0.1) is 24.9 Å². The summed E-state index contributed by atoms with van der Waals surface area (Å²) in [6, 6.07) is 21.5. The summed E-state index contributed by atoms with van der Waals surface area (Å²) >= 11 is 0. The Hall–Kier alpha value is -5.69. The lowest BCUT2D eigenvalue weighted by Crippen LogP contribution is -2.58. The van der Waals surface area contributed by atoms with E-state index in [2.05, 4.69) is 31.2 Å². The van der Waals surface area contributed by atoms with Crippen molar-refractivity contribution in [3.8, 4) is 5.75 Å². The van der Waals surface area contributed by atoms with Crippen molar-refractivity contribution >= 4 is 23.8 Å². The molecule has 0 aliphatic rings. The number of hydrogen-bond acceptors (Lipinski definition) is 8. The van der Waals surface area contributed by atoms with Crippen LogP contribution >= 0.6 is 0 Å². The zero-order valence-electron chi connectivity index (χ0n) is 28.7. The third kappa shape index (κ3) is 12.6. The number of H-pyrrole nitrogens is 1. The quantitative estimate of drug-likeness (QED) is 0.0823. The number of benzene rings is 3. The van der Waals surface area contributed by atoms with E-state index in [9.17, 15) is 29.4 Å². The minimum atomic E-state index is -1.22. The number of amides is 4. The third-order valence-electron chi connectivity index (χ3n) is 8.52. The zero-order chi connectivity index (χ0) is 36.6. The summed E-state index contributed by atoms with van der Waals surface area (Å²) in [5.41, 5.74) is 2.86. The van der Waals surface area contributed by atoms with E-state index in [1.807, 2.05) is 62.4 Å². The Morgan fingerprint density at radius 1 is 0.804 bits per heavy atom. The number of aromatic nitrogens is 2. The Kier molecular flexibility index (Phi) is 14.6. The minimum Gasteiger partial charge on any atom is -0.508 e. The molecule has 0 fully saturated rings. The van der Waals surface area contributed by atoms with E-state index < -0.39 is 42.1 Å². The second-order valence-electron chi connectivity index (χ2n) is 12.4. The molecule has 1 unspecified atom stereocenters. The second kappa shape index (κ2) is 19.5. The van der Waals surface area contributed by atoms with Gasteiger partial charge in [-0.3, -0.25) is 14.4 Å². The lowest BCUT2D eigenvalue weighted by molar-refractivity contribution is -0.131. The van der Waals surface area contributed by atoms with Gasteiger partial charge in [-0.1, -0.05) is 93.1 Å². The van der Waals surface area contributed by atoms with E-state index in [4.69, 9.17) is 4.74 Å². The summed E-state index contributed by atoms with van der Waals surface area (Å²) in [6.45, 7) is 4.04. The van der Waals surface area contributed by atoms with Crippen molar-refractivity contribution in [3.63, 3.8) is 0 Å². The van der Waals surface area contributed by atoms with Gasteiger partial charge < -0.3 is 41.2 Å². The molecule has 1 aromatic heterocycles. The number of nitrogens with zero attached hydrogens (tertiary/aromatic N) is 1. The second-order valence-corrected chi connectivity index (χ2v) is 12.4. The van der Waals surface area contributed by atoms with Gasteiger partial charge in [-0.25, -0.2) is 9.78 Å². The van der Waals surface area contributed by atoms with Crippen molar-refractivity contribution in [2.45, 2.75) is 76.9 Å². The monoisotopic (exact) mass is 698 g/mol. The lowest BCUT2D eigenvalue weighted by Gasteiger charge is -2.31. The molecule has 7 N–H and O–H groups in total. The van der Waals surface area contributed by atoms with Gasteiger partial charge in [-0.05, 0) is 34.7 Å². The van der Waals surface area contributed by atoms with Gasteiger partial charge in [0.15, 0.2) is 0 Å². The highest BCUT2D eigenvalue weighted by atomic mass is 16.5. The molecule has 0 aliphatic heterocycles. The average Bonchev–Trinajstić information content (AvgIpc) is 3.66. The summed E-state index contributed by atoms with van der Waals surface area (Å²) < 4.78 is 5.37. The van der Waals surface area contributed by atoms with Crippen molar-refractivity contribution in [1.82, 2.24) is 31.2 Å². The fraction of sp³-hybridized carbons (Fsp3) is 0.342. The molecule has 0 saturated heterocycles. The Labute approximate surface area is 297 Å². The van der Waals surface area contributed by atoms with Crippen LogP contribution in [0, 0.1) is 5.92 Å². The maximum atomic E-state index is 13.9. The van der Waals surface area contributed by atoms with E-state index in [1.165, 1.54) is 24.7 Å². The minimum absolute atomic E-state index is 0.0167. The van der Waals surface area contributed by atoms with E-state index >= 15 is 0 Å². The van der Waals surface area contributed by atoms with Crippen molar-refractivity contribution in [1.29, 1.82) is 0 Å². The van der Waals surface area contributed by atoms with Gasteiger partial charge in [0.2, 0.25) is 17.7 Å². The molecule has 51 heavy (non-hydrogen) atoms. The Bertz CT molecular complexity index is 1670. The number of nitrogens with one attached hydrogen (secondary N) is 5. The summed E-state index contributed by atoms with van der Waals surface area (Å²) in [5, 5.41) is 32.0. The maximum Gasteiger partial charge on any atom is 0.408 e. The van der Waals surface area contributed by atoms with Crippen molar-refractivity contribution in [2.24, 2.45) is 5.92 Å². The molecule has 270 valence electrons. The first-order valence-electron chi connectivity index (χ1n) is 16.9. The first-order valence-corrected chi connectivity index (χ1v) is 16.9. The zero-order valence-corrected chi connectivity index (χ0v) is 28.7. The predicted octanol–water partition coefficient (Wildman–Crippen LogP) is 3.28. The fourth-order valence-electron chi connectivity index (χ4n) is 5.40. The molecule has 0 bridgehead atoms. The number of aromatic hydroxyl groups is 1. The number of carbonyl (C=O) groups excluding carboxylic acids is 4. The van der Waals surface area contributed by atoms with Crippen LogP contribution in [0.25, 0.3) is 0 Å². The van der Waals surface area contributed by atoms with Crippen LogP contribution in [0.5, 0.6) is 5.75 Å². The average molecular weight is 699 g/mol. The van der Waals surface area contributed by atoms with Gasteiger partial charge in [0.25, 0.3) is 0 Å². The van der Waals surface area contributed by atoms with Gasteiger partial charge in [-0.15, -0.1) is 0 Å². The molecule has 0 saturated carbocycles. The number of hydrogen-bond donors (Lipinski definition) is 7. The fourth-order valence-corrected chi connectivity index (χ4v) is 5.40. The SMILES string of the molecule is CCC(C)[C@H](NC(=O)[C@H](Cc1cnc[nH]1)NC(=O)[C@H](Cc1ccc(O)cc1)NC(=O)OCc1ccccc1)[C@@H](O)CC(=O)NCc1ccccc1. The van der Waals surface area contributed by atoms with Gasteiger partial charge >= 0.3 is 6.09 Å². The molecule has 4 rings (SSSR count). The number of ether oxygens (including phenoxy) is 1. The number of aromatic amines is 1. The van der Waals surface area contributed by atoms with Crippen molar-refractivity contribution in [2.75, 3.05) is 0 Å². The molecule has 1 heterocycles. The molecule has 0 aliphatic carbocycles. The highest BCUT2D eigenvalue weighted by Gasteiger charge is 2.33. The Morgan fingerprint density at radius 2 is 1.43 bits per heavy atom. The topological polar surface area (TPSA) is 195 Å². The number of carbonyl (C=O) groups is 4. The molecular weight excluding hydrogens is 652 g/mol. The molecule has 5 atom stereocenters. The summed E-state index contributed by atoms with van der Waals surface area (Å²) in [5.74, 6) is -1.82. The Balaban J connectivity index is 1.48. The predicted molar refractivity (Wildman–Crippen MR) is 190 cm³/mol. The van der Waals surface area contributed by atoms with Gasteiger partial charge in [0.1, 0.15) is 24.4 Å². The van der Waals surface area contributed by atoms with Crippen LogP contribution in [0.1, 0.15) is 49.1 Å². The highest BCUT2D eigenvalue weighted by Crippen LogP contribution is 2.16. The van der Waals surface area contributed by atoms with Gasteiger partial charge in [-0.2, -0.15) is 0 Å². The molecule has 13 nitrogen and oxygen atoms in total. The molecule has 13 heteroatoms. The van der Waals surface area contributed by atoms with Crippen LogP contribution in [0.4, 0.5) is 4.79 Å². The molecule has 0 spiro atoms. The van der Waals surface area contributed by atoms with Crippen molar-refractivity contribution in [3.05, 3.63) is 120 Å². The normalized spacial score (nSPS) is 13.9. The van der Waals surface area contributed by atoms with E-state index in [0.717, 1.165) is 11.1 Å². The first-order chi connectivity index (χ1) is 24.6. The van der Waals surface area contributed by atoms with Crippen LogP contribution in [-0.2, 0) is 45.1 Å². The number of rotatable bonds is 18. The van der Waals surface area contributed by atoms with Crippen molar-refractivity contribution < 1.29 is 34.1 Å². The maximum absolute atomic E-state index is 13.9.